The van der Waals surface area contributed by atoms with Crippen molar-refractivity contribution in [3.8, 4) is 22.5 Å². The van der Waals surface area contributed by atoms with Crippen LogP contribution in [0.15, 0.2) is 59.0 Å². The second-order valence-electron chi connectivity index (χ2n) is 13.2. The first-order valence-corrected chi connectivity index (χ1v) is 16.6. The Morgan fingerprint density at radius 2 is 1.75 bits per heavy atom. The molecule has 4 N–H and O–H groups in total. The first kappa shape index (κ1) is 36.1. The summed E-state index contributed by atoms with van der Waals surface area (Å²) >= 11 is 0. The lowest BCUT2D eigenvalue weighted by Gasteiger charge is -2.25. The third kappa shape index (κ3) is 8.23. The number of hydrogen-bond acceptors (Lipinski definition) is 7. The van der Waals surface area contributed by atoms with Gasteiger partial charge in [0, 0.05) is 66.6 Å². The Labute approximate surface area is 283 Å². The number of unbranched alkanes of at least 4 members (excludes halogenated alkanes) is 1. The number of ether oxygens (including phenoxy) is 1. The molecule has 0 bridgehead atoms. The molecule has 0 radical (unpaired) electrons. The van der Waals surface area contributed by atoms with Crippen LogP contribution in [0.3, 0.4) is 0 Å². The lowest BCUT2D eigenvalue weighted by atomic mass is 9.89. The number of esters is 1. The smallest absolute Gasteiger partial charge is 0.338 e. The first-order valence-electron chi connectivity index (χ1n) is 16.6. The zero-order chi connectivity index (χ0) is 35.2. The van der Waals surface area contributed by atoms with E-state index >= 15 is 0 Å². The molecule has 0 fully saturated rings. The number of nitrogens with two attached hydrogens (primary N) is 1. The van der Waals surface area contributed by atoms with E-state index in [-0.39, 0.29) is 23.4 Å². The van der Waals surface area contributed by atoms with Crippen LogP contribution in [0.25, 0.3) is 33.4 Å². The molecule has 0 spiro atoms. The van der Waals surface area contributed by atoms with Gasteiger partial charge >= 0.3 is 5.97 Å². The highest BCUT2D eigenvalue weighted by Gasteiger charge is 2.28. The maximum atomic E-state index is 13.3. The number of nitrogens with zero attached hydrogens (tertiary/aromatic N) is 2. The third-order valence-corrected chi connectivity index (χ3v) is 8.69. The molecule has 10 nitrogen and oxygen atoms in total. The average molecular weight is 657 g/mol. The minimum absolute atomic E-state index is 0.0232. The molecule has 1 aliphatic carbocycles. The van der Waals surface area contributed by atoms with E-state index in [4.69, 9.17) is 14.9 Å². The quantitative estimate of drug-likeness (QED) is 0.0799. The lowest BCUT2D eigenvalue weighted by molar-refractivity contribution is -0.126. The highest BCUT2D eigenvalue weighted by Crippen LogP contribution is 2.42. The van der Waals surface area contributed by atoms with Gasteiger partial charge in [-0.1, -0.05) is 19.4 Å². The van der Waals surface area contributed by atoms with Crippen molar-refractivity contribution in [2.75, 3.05) is 46.7 Å². The molecule has 0 aromatic heterocycles. The Hall–Kier alpha value is -4.70. The van der Waals surface area contributed by atoms with E-state index in [0.717, 1.165) is 53.2 Å². The van der Waals surface area contributed by atoms with Gasteiger partial charge in [0.1, 0.15) is 25.4 Å². The van der Waals surface area contributed by atoms with Gasteiger partial charge in [-0.3, -0.25) is 9.59 Å². The van der Waals surface area contributed by atoms with E-state index in [1.165, 1.54) is 7.11 Å². The van der Waals surface area contributed by atoms with Crippen LogP contribution in [0.5, 0.6) is 0 Å². The molecule has 1 heterocycles. The van der Waals surface area contributed by atoms with Crippen molar-refractivity contribution in [2.45, 2.75) is 64.5 Å². The molecule has 2 amide bonds. The maximum Gasteiger partial charge on any atom is 0.338 e. The number of nitrogens with one attached hydrogen (secondary N) is 2. The van der Waals surface area contributed by atoms with Crippen LogP contribution in [-0.4, -0.2) is 71.2 Å². The fourth-order valence-electron chi connectivity index (χ4n) is 5.87. The Balaban J connectivity index is 1.59. The molecule has 1 aliphatic heterocycles. The number of amides is 2. The number of carbonyl (C=O) groups is 3. The Morgan fingerprint density at radius 1 is 1.02 bits per heavy atom. The summed E-state index contributed by atoms with van der Waals surface area (Å²) in [6, 6.07) is 17.1. The number of fused-ring (bicyclic) bond motifs is 2. The molecule has 10 heteroatoms. The van der Waals surface area contributed by atoms with Gasteiger partial charge in [-0.2, -0.15) is 0 Å². The molecule has 0 saturated carbocycles. The molecule has 0 saturated heterocycles. The molecule has 4 rings (SSSR count). The highest BCUT2D eigenvalue weighted by molar-refractivity contribution is 6.09. The lowest BCUT2D eigenvalue weighted by Crippen LogP contribution is -2.53. The molecule has 2 aromatic carbocycles. The fourth-order valence-corrected chi connectivity index (χ4v) is 5.87. The number of rotatable bonds is 13. The summed E-state index contributed by atoms with van der Waals surface area (Å²) < 4.78 is 13.7. The summed E-state index contributed by atoms with van der Waals surface area (Å²) in [7, 11) is 9.22. The monoisotopic (exact) mass is 656 g/mol. The van der Waals surface area contributed by atoms with Crippen LogP contribution in [0.4, 0.5) is 5.69 Å². The van der Waals surface area contributed by atoms with E-state index in [1.807, 2.05) is 94.0 Å². The van der Waals surface area contributed by atoms with Gasteiger partial charge in [0.15, 0.2) is 0 Å². The predicted molar refractivity (Wildman–Crippen MR) is 192 cm³/mol. The van der Waals surface area contributed by atoms with Crippen LogP contribution in [0.1, 0.15) is 73.6 Å². The normalized spacial score (nSPS) is 13.1. The molecule has 2 atom stereocenters. The van der Waals surface area contributed by atoms with Crippen molar-refractivity contribution in [3.05, 3.63) is 71.1 Å². The number of benzene rings is 3. The summed E-state index contributed by atoms with van der Waals surface area (Å²) in [6.07, 6.45) is 3.78. The minimum atomic E-state index is -0.878. The van der Waals surface area contributed by atoms with Crippen molar-refractivity contribution in [2.24, 2.45) is 5.73 Å². The van der Waals surface area contributed by atoms with E-state index in [0.29, 0.717) is 35.4 Å². The largest absolute Gasteiger partial charge is 0.465 e. The summed E-state index contributed by atoms with van der Waals surface area (Å²) in [4.78, 5) is 41.0. The number of anilines is 1. The minimum Gasteiger partial charge on any atom is -0.465 e. The second kappa shape index (κ2) is 15.5. The van der Waals surface area contributed by atoms with Crippen molar-refractivity contribution in [1.29, 1.82) is 0 Å². The van der Waals surface area contributed by atoms with Crippen LogP contribution in [0, 0.1) is 0 Å². The third-order valence-electron chi connectivity index (χ3n) is 8.69. The van der Waals surface area contributed by atoms with Crippen molar-refractivity contribution >= 4 is 34.4 Å². The molecule has 48 heavy (non-hydrogen) atoms. The molecular weight excluding hydrogens is 606 g/mol. The van der Waals surface area contributed by atoms with Crippen LogP contribution in [-0.2, 0) is 9.53 Å². The van der Waals surface area contributed by atoms with Gasteiger partial charge in [-0.05, 0) is 75.4 Å². The van der Waals surface area contributed by atoms with E-state index < -0.39 is 11.5 Å². The zero-order valence-corrected chi connectivity index (χ0v) is 29.5. The Bertz CT molecular complexity index is 1840. The number of carbonyl (C=O) groups excluding carboxylic acids is 3. The standard InChI is InChI=1S/C38H49N5O5/c1-9-19-38(3,39)37(46)41-24(2)12-10-11-20-40-35(44)25-13-16-28(31(21-25)36(45)47-8)34-29-17-14-26(42(4)5)22-32(29)48-33-23-27(43(6)7)15-18-30(33)34/h13-18,21-24H,9-12,19-20,39H2,1-8H3,(H-,40,41,44,46)/p+1. The molecular formula is C38H50N5O5+. The molecule has 2 aromatic rings. The molecule has 256 valence electrons. The van der Waals surface area contributed by atoms with Crippen LogP contribution < -0.4 is 31.2 Å². The van der Waals surface area contributed by atoms with Gasteiger partial charge in [0.25, 0.3) is 5.91 Å². The maximum absolute atomic E-state index is 13.3. The van der Waals surface area contributed by atoms with Crippen molar-refractivity contribution < 1.29 is 23.5 Å². The van der Waals surface area contributed by atoms with Gasteiger partial charge in [-0.25, -0.2) is 9.37 Å². The zero-order valence-electron chi connectivity index (χ0n) is 29.5. The number of hydrogen-bond donors (Lipinski definition) is 3. The summed E-state index contributed by atoms with van der Waals surface area (Å²) in [6.45, 7) is 6.18. The summed E-state index contributed by atoms with van der Waals surface area (Å²) in [5.41, 5.74) is 9.85. The topological polar surface area (TPSA) is 130 Å². The van der Waals surface area contributed by atoms with Gasteiger partial charge in [-0.15, -0.1) is 0 Å². The van der Waals surface area contributed by atoms with Gasteiger partial charge < -0.3 is 30.4 Å². The first-order chi connectivity index (χ1) is 22.8. The number of methoxy groups -OCH3 is 1. The highest BCUT2D eigenvalue weighted by atomic mass is 16.5. The van der Waals surface area contributed by atoms with E-state index in [9.17, 15) is 14.4 Å². The SMILES string of the molecule is CCCC(C)(N)C(=O)NC(C)CCCCNC(=O)c1ccc(-c2c3ccc(=[N+](C)C)cc-3oc3cc(N(C)C)ccc23)c(C(=O)OC)c1. The Kier molecular flexibility index (Phi) is 11.6. The second-order valence-corrected chi connectivity index (χ2v) is 13.2. The predicted octanol–water partition coefficient (Wildman–Crippen LogP) is 5.01. The molecule has 2 unspecified atom stereocenters. The van der Waals surface area contributed by atoms with E-state index in [2.05, 4.69) is 10.6 Å². The van der Waals surface area contributed by atoms with Crippen molar-refractivity contribution in [3.63, 3.8) is 0 Å². The summed E-state index contributed by atoms with van der Waals surface area (Å²) in [5, 5.41) is 7.78. The van der Waals surface area contributed by atoms with E-state index in [1.54, 1.807) is 19.1 Å². The van der Waals surface area contributed by atoms with Crippen LogP contribution >= 0.6 is 0 Å². The van der Waals surface area contributed by atoms with Gasteiger partial charge in [0.05, 0.1) is 24.3 Å². The Morgan fingerprint density at radius 3 is 2.42 bits per heavy atom. The fraction of sp³-hybridized carbons (Fsp3) is 0.421. The summed E-state index contributed by atoms with van der Waals surface area (Å²) in [5.74, 6) is -0.294. The van der Waals surface area contributed by atoms with Crippen molar-refractivity contribution in [1.82, 2.24) is 15.2 Å². The van der Waals surface area contributed by atoms with Crippen LogP contribution in [0.2, 0.25) is 0 Å². The molecule has 2 aliphatic rings. The van der Waals surface area contributed by atoms with Gasteiger partial charge in [0.2, 0.25) is 11.3 Å². The average Bonchev–Trinajstić information content (AvgIpc) is 3.05.